The first-order valence-electron chi connectivity index (χ1n) is 8.88. The van der Waals surface area contributed by atoms with Gasteiger partial charge in [-0.25, -0.2) is 4.98 Å². The Hall–Kier alpha value is -1.05. The molecule has 2 aliphatic rings. The van der Waals surface area contributed by atoms with Crippen LogP contribution in [0.2, 0.25) is 0 Å². The van der Waals surface area contributed by atoms with E-state index in [0.717, 1.165) is 36.5 Å². The molecular formula is C18H29IN4O. The van der Waals surface area contributed by atoms with E-state index in [4.69, 9.17) is 4.74 Å². The minimum Gasteiger partial charge on any atom is -0.477 e. The summed E-state index contributed by atoms with van der Waals surface area (Å²) in [5.74, 6) is 2.36. The van der Waals surface area contributed by atoms with E-state index in [9.17, 15) is 0 Å². The second-order valence-corrected chi connectivity index (χ2v) is 6.66. The number of nitrogens with zero attached hydrogens (tertiary/aromatic N) is 2. The maximum atomic E-state index is 5.74. The number of rotatable bonds is 6. The van der Waals surface area contributed by atoms with E-state index in [1.807, 2.05) is 25.4 Å². The van der Waals surface area contributed by atoms with Crippen LogP contribution in [0.15, 0.2) is 23.3 Å². The van der Waals surface area contributed by atoms with E-state index in [-0.39, 0.29) is 24.0 Å². The summed E-state index contributed by atoms with van der Waals surface area (Å²) in [4.78, 5) is 8.62. The highest BCUT2D eigenvalue weighted by Gasteiger charge is 2.22. The summed E-state index contributed by atoms with van der Waals surface area (Å²) in [6.45, 7) is 1.53. The van der Waals surface area contributed by atoms with Gasteiger partial charge in [-0.2, -0.15) is 0 Å². The lowest BCUT2D eigenvalue weighted by Crippen LogP contribution is -2.43. The fraction of sp³-hybridized carbons (Fsp3) is 0.667. The van der Waals surface area contributed by atoms with Crippen molar-refractivity contribution in [2.45, 2.75) is 57.5 Å². The second-order valence-electron chi connectivity index (χ2n) is 6.66. The minimum absolute atomic E-state index is 0. The molecule has 0 amide bonds. The highest BCUT2D eigenvalue weighted by atomic mass is 127. The predicted molar refractivity (Wildman–Crippen MR) is 108 cm³/mol. The number of aliphatic imine (C=N–C) groups is 1. The first kappa shape index (κ1) is 19.3. The van der Waals surface area contributed by atoms with Gasteiger partial charge in [-0.15, -0.1) is 24.0 Å². The molecule has 3 rings (SSSR count). The van der Waals surface area contributed by atoms with Gasteiger partial charge in [-0.05, 0) is 43.2 Å². The zero-order valence-electron chi connectivity index (χ0n) is 14.5. The molecular weight excluding hydrogens is 415 g/mol. The number of hydrogen-bond donors (Lipinski definition) is 2. The number of ether oxygens (including phenoxy) is 1. The van der Waals surface area contributed by atoms with Crippen LogP contribution >= 0.6 is 24.0 Å². The summed E-state index contributed by atoms with van der Waals surface area (Å²) >= 11 is 0. The SMILES string of the molecule is CN=C(NCc1ccnc(OCC2CC2)c1)NC1CCCCC1.I. The second kappa shape index (κ2) is 10.1. The van der Waals surface area contributed by atoms with Crippen molar-refractivity contribution in [3.05, 3.63) is 23.9 Å². The molecule has 1 aromatic heterocycles. The summed E-state index contributed by atoms with van der Waals surface area (Å²) in [7, 11) is 1.83. The maximum absolute atomic E-state index is 5.74. The molecule has 0 aromatic carbocycles. The maximum Gasteiger partial charge on any atom is 0.213 e. The van der Waals surface area contributed by atoms with Gasteiger partial charge in [0, 0.05) is 31.9 Å². The van der Waals surface area contributed by atoms with Gasteiger partial charge in [0.2, 0.25) is 5.88 Å². The summed E-state index contributed by atoms with van der Waals surface area (Å²) in [5.41, 5.74) is 1.16. The van der Waals surface area contributed by atoms with Crippen molar-refractivity contribution in [2.75, 3.05) is 13.7 Å². The van der Waals surface area contributed by atoms with Crippen molar-refractivity contribution in [2.24, 2.45) is 10.9 Å². The van der Waals surface area contributed by atoms with Crippen LogP contribution in [0.25, 0.3) is 0 Å². The van der Waals surface area contributed by atoms with E-state index in [1.165, 1.54) is 44.9 Å². The molecule has 5 nitrogen and oxygen atoms in total. The third-order valence-electron chi connectivity index (χ3n) is 4.59. The number of aromatic nitrogens is 1. The van der Waals surface area contributed by atoms with Gasteiger partial charge in [0.25, 0.3) is 0 Å². The molecule has 2 N–H and O–H groups in total. The molecule has 0 aliphatic heterocycles. The van der Waals surface area contributed by atoms with Crippen molar-refractivity contribution in [1.29, 1.82) is 0 Å². The Morgan fingerprint density at radius 1 is 1.25 bits per heavy atom. The molecule has 1 aromatic rings. The molecule has 0 radical (unpaired) electrons. The van der Waals surface area contributed by atoms with Gasteiger partial charge in [-0.1, -0.05) is 19.3 Å². The number of pyridine rings is 1. The third kappa shape index (κ3) is 6.45. The summed E-state index contributed by atoms with van der Waals surface area (Å²) < 4.78 is 5.74. The normalized spacial score (nSPS) is 18.6. The van der Waals surface area contributed by atoms with E-state index in [1.54, 1.807) is 0 Å². The lowest BCUT2D eigenvalue weighted by atomic mass is 9.96. The van der Waals surface area contributed by atoms with Crippen LogP contribution in [0.4, 0.5) is 0 Å². The minimum atomic E-state index is 0. The topological polar surface area (TPSA) is 58.5 Å². The summed E-state index contributed by atoms with van der Waals surface area (Å²) in [5, 5.41) is 6.92. The van der Waals surface area contributed by atoms with Gasteiger partial charge < -0.3 is 15.4 Å². The molecule has 0 saturated heterocycles. The molecule has 6 heteroatoms. The predicted octanol–water partition coefficient (Wildman–Crippen LogP) is 3.49. The summed E-state index contributed by atoms with van der Waals surface area (Å²) in [6, 6.07) is 4.60. The molecule has 2 aliphatic carbocycles. The molecule has 0 bridgehead atoms. The van der Waals surface area contributed by atoms with Gasteiger partial charge in [-0.3, -0.25) is 4.99 Å². The lowest BCUT2D eigenvalue weighted by molar-refractivity contribution is 0.288. The summed E-state index contributed by atoms with van der Waals surface area (Å²) in [6.07, 6.45) is 10.9. The number of halogens is 1. The molecule has 0 unspecified atom stereocenters. The highest BCUT2D eigenvalue weighted by molar-refractivity contribution is 14.0. The zero-order chi connectivity index (χ0) is 15.9. The van der Waals surface area contributed by atoms with Crippen LogP contribution in [0.1, 0.15) is 50.5 Å². The Balaban J connectivity index is 0.00000208. The van der Waals surface area contributed by atoms with E-state index in [0.29, 0.717) is 6.04 Å². The average molecular weight is 444 g/mol. The number of guanidine groups is 1. The smallest absolute Gasteiger partial charge is 0.213 e. The molecule has 0 atom stereocenters. The quantitative estimate of drug-likeness (QED) is 0.401. The Morgan fingerprint density at radius 3 is 2.75 bits per heavy atom. The van der Waals surface area contributed by atoms with Crippen LogP contribution in [-0.4, -0.2) is 30.6 Å². The van der Waals surface area contributed by atoms with Crippen LogP contribution in [0.3, 0.4) is 0 Å². The molecule has 0 spiro atoms. The highest BCUT2D eigenvalue weighted by Crippen LogP contribution is 2.29. The van der Waals surface area contributed by atoms with Gasteiger partial charge in [0.05, 0.1) is 6.61 Å². The van der Waals surface area contributed by atoms with Crippen molar-refractivity contribution in [1.82, 2.24) is 15.6 Å². The number of nitrogens with one attached hydrogen (secondary N) is 2. The standard InChI is InChI=1S/C18H28N4O.HI/c1-19-18(22-16-5-3-2-4-6-16)21-12-15-9-10-20-17(11-15)23-13-14-7-8-14;/h9-11,14,16H,2-8,12-13H2,1H3,(H2,19,21,22);1H. The Kier molecular flexibility index (Phi) is 8.08. The van der Waals surface area contributed by atoms with Crippen molar-refractivity contribution < 1.29 is 4.74 Å². The zero-order valence-corrected chi connectivity index (χ0v) is 16.8. The van der Waals surface area contributed by atoms with Gasteiger partial charge in [0.1, 0.15) is 0 Å². The fourth-order valence-electron chi connectivity index (χ4n) is 2.95. The third-order valence-corrected chi connectivity index (χ3v) is 4.59. The first-order valence-corrected chi connectivity index (χ1v) is 8.88. The lowest BCUT2D eigenvalue weighted by Gasteiger charge is -2.24. The average Bonchev–Trinajstić information content (AvgIpc) is 3.42. The van der Waals surface area contributed by atoms with Crippen molar-refractivity contribution in [3.8, 4) is 5.88 Å². The van der Waals surface area contributed by atoms with Crippen LogP contribution in [0.5, 0.6) is 5.88 Å². The Bertz CT molecular complexity index is 528. The van der Waals surface area contributed by atoms with E-state index < -0.39 is 0 Å². The first-order chi connectivity index (χ1) is 11.3. The van der Waals surface area contributed by atoms with Crippen LogP contribution in [-0.2, 0) is 6.54 Å². The van der Waals surface area contributed by atoms with Gasteiger partial charge in [0.15, 0.2) is 5.96 Å². The molecule has 24 heavy (non-hydrogen) atoms. The monoisotopic (exact) mass is 444 g/mol. The Labute approximate surface area is 162 Å². The van der Waals surface area contributed by atoms with Crippen molar-refractivity contribution in [3.63, 3.8) is 0 Å². The molecule has 134 valence electrons. The Morgan fingerprint density at radius 2 is 2.04 bits per heavy atom. The van der Waals surface area contributed by atoms with E-state index in [2.05, 4.69) is 20.6 Å². The largest absolute Gasteiger partial charge is 0.477 e. The van der Waals surface area contributed by atoms with Crippen molar-refractivity contribution >= 4 is 29.9 Å². The van der Waals surface area contributed by atoms with Gasteiger partial charge >= 0.3 is 0 Å². The number of hydrogen-bond acceptors (Lipinski definition) is 3. The van der Waals surface area contributed by atoms with Crippen LogP contribution < -0.4 is 15.4 Å². The molecule has 1 heterocycles. The molecule has 2 saturated carbocycles. The molecule has 2 fully saturated rings. The fourth-order valence-corrected chi connectivity index (χ4v) is 2.95. The van der Waals surface area contributed by atoms with Crippen LogP contribution in [0, 0.1) is 5.92 Å². The van der Waals surface area contributed by atoms with E-state index >= 15 is 0 Å².